The minimum atomic E-state index is -0.531. The summed E-state index contributed by atoms with van der Waals surface area (Å²) in [6, 6.07) is 1.35. The van der Waals surface area contributed by atoms with E-state index < -0.39 is 11.6 Å². The van der Waals surface area contributed by atoms with Crippen molar-refractivity contribution in [3.05, 3.63) is 36.3 Å². The van der Waals surface area contributed by atoms with E-state index in [0.29, 0.717) is 29.0 Å². The lowest BCUT2D eigenvalue weighted by molar-refractivity contribution is 0.618. The first kappa shape index (κ1) is 16.6. The lowest BCUT2D eigenvalue weighted by Gasteiger charge is -2.08. The highest BCUT2D eigenvalue weighted by atomic mass is 32.2. The van der Waals surface area contributed by atoms with Crippen molar-refractivity contribution in [2.45, 2.75) is 6.92 Å². The van der Waals surface area contributed by atoms with Gasteiger partial charge in [0.05, 0.1) is 12.4 Å². The molecule has 3 N–H and O–H groups in total. The molecule has 0 aliphatic carbocycles. The largest absolute Gasteiger partial charge is 0.367 e. The Hall–Kier alpha value is -2.26. The Kier molecular flexibility index (Phi) is 5.21. The number of anilines is 1. The first-order valence-electron chi connectivity index (χ1n) is 7.43. The molecule has 0 aliphatic rings. The molecule has 24 heavy (non-hydrogen) atoms. The third-order valence-electron chi connectivity index (χ3n) is 3.23. The van der Waals surface area contributed by atoms with Gasteiger partial charge in [0.2, 0.25) is 0 Å². The molecule has 3 aromatic heterocycles. The average molecular weight is 350 g/mol. The molecule has 9 heteroatoms. The Balaban J connectivity index is 1.83. The van der Waals surface area contributed by atoms with E-state index in [9.17, 15) is 8.78 Å². The Bertz CT molecular complexity index is 838. The van der Waals surface area contributed by atoms with Gasteiger partial charge in [-0.1, -0.05) is 18.9 Å². The van der Waals surface area contributed by atoms with E-state index in [1.165, 1.54) is 6.07 Å². The number of H-pyrrole nitrogens is 1. The van der Waals surface area contributed by atoms with Crippen LogP contribution in [0.25, 0.3) is 22.4 Å². The number of fused-ring (bicyclic) bond motifs is 1. The van der Waals surface area contributed by atoms with Gasteiger partial charge in [-0.2, -0.15) is 0 Å². The van der Waals surface area contributed by atoms with Crippen molar-refractivity contribution in [2.24, 2.45) is 0 Å². The van der Waals surface area contributed by atoms with E-state index in [0.717, 1.165) is 24.7 Å². The van der Waals surface area contributed by atoms with Gasteiger partial charge in [-0.25, -0.2) is 23.7 Å². The molecule has 0 aliphatic heterocycles. The Morgan fingerprint density at radius 1 is 1.25 bits per heavy atom. The van der Waals surface area contributed by atoms with E-state index in [2.05, 4.69) is 30.0 Å². The van der Waals surface area contributed by atoms with Gasteiger partial charge in [0, 0.05) is 36.0 Å². The van der Waals surface area contributed by atoms with Crippen LogP contribution in [-0.4, -0.2) is 38.8 Å². The van der Waals surface area contributed by atoms with Crippen LogP contribution in [0.1, 0.15) is 6.92 Å². The van der Waals surface area contributed by atoms with Gasteiger partial charge < -0.3 is 10.3 Å². The monoisotopic (exact) mass is 350 g/mol. The van der Waals surface area contributed by atoms with Gasteiger partial charge in [0.25, 0.3) is 0 Å². The lowest BCUT2D eigenvalue weighted by atomic mass is 10.2. The molecule has 126 valence electrons. The zero-order chi connectivity index (χ0) is 16.9. The fraction of sp³-hybridized carbons (Fsp3) is 0.267. The zero-order valence-corrected chi connectivity index (χ0v) is 13.8. The first-order valence-corrected chi connectivity index (χ1v) is 8.41. The van der Waals surface area contributed by atoms with Crippen molar-refractivity contribution >= 4 is 28.8 Å². The standard InChI is InChI=1S/C15H16F2N6S/c1-2-22-24-4-3-18-15-12(17)8-21-14(23-15)11-7-20-13-10(11)5-9(16)6-19-13/h5-8,22H,2-4H2,1H3,(H,19,20)(H,18,21,23). The van der Waals surface area contributed by atoms with Crippen molar-refractivity contribution in [3.8, 4) is 11.4 Å². The summed E-state index contributed by atoms with van der Waals surface area (Å²) >= 11 is 1.55. The number of hydrogen-bond donors (Lipinski definition) is 3. The molecule has 6 nitrogen and oxygen atoms in total. The molecule has 0 aromatic carbocycles. The molecule has 0 saturated carbocycles. The number of aromatic nitrogens is 4. The quantitative estimate of drug-likeness (QED) is 0.449. The number of pyridine rings is 1. The van der Waals surface area contributed by atoms with E-state index in [-0.39, 0.29) is 5.82 Å². The molecule has 0 fully saturated rings. The molecule has 0 radical (unpaired) electrons. The van der Waals surface area contributed by atoms with Crippen molar-refractivity contribution in [1.82, 2.24) is 24.7 Å². The van der Waals surface area contributed by atoms with Crippen LogP contribution in [0, 0.1) is 11.6 Å². The molecule has 0 amide bonds. The number of nitrogens with zero attached hydrogens (tertiary/aromatic N) is 3. The SMILES string of the molecule is CCNSCCNc1nc(-c2c[nH]c3ncc(F)cc23)ncc1F. The second-order valence-corrected chi connectivity index (χ2v) is 5.90. The number of halogens is 2. The number of nitrogens with one attached hydrogen (secondary N) is 3. The van der Waals surface area contributed by atoms with Crippen LogP contribution in [0.15, 0.2) is 24.7 Å². The van der Waals surface area contributed by atoms with Crippen LogP contribution in [0.2, 0.25) is 0 Å². The van der Waals surface area contributed by atoms with Gasteiger partial charge in [-0.3, -0.25) is 4.72 Å². The normalized spacial score (nSPS) is 11.1. The fourth-order valence-electron chi connectivity index (χ4n) is 2.18. The van der Waals surface area contributed by atoms with Gasteiger partial charge in [0.1, 0.15) is 11.5 Å². The predicted molar refractivity (Wildman–Crippen MR) is 91.7 cm³/mol. The van der Waals surface area contributed by atoms with Crippen LogP contribution in [0.5, 0.6) is 0 Å². The van der Waals surface area contributed by atoms with Crippen molar-refractivity contribution in [1.29, 1.82) is 0 Å². The first-order chi connectivity index (χ1) is 11.7. The van der Waals surface area contributed by atoms with E-state index >= 15 is 0 Å². The summed E-state index contributed by atoms with van der Waals surface area (Å²) in [5.74, 6) is 0.197. The fourth-order valence-corrected chi connectivity index (χ4v) is 2.73. The molecule has 0 saturated heterocycles. The minimum absolute atomic E-state index is 0.121. The summed E-state index contributed by atoms with van der Waals surface area (Å²) in [7, 11) is 0. The number of hydrogen-bond acceptors (Lipinski definition) is 6. The molecular weight excluding hydrogens is 334 g/mol. The molecule has 3 heterocycles. The topological polar surface area (TPSA) is 78.5 Å². The maximum atomic E-state index is 13.9. The van der Waals surface area contributed by atoms with Crippen molar-refractivity contribution < 1.29 is 8.78 Å². The van der Waals surface area contributed by atoms with Gasteiger partial charge >= 0.3 is 0 Å². The molecule has 0 bridgehead atoms. The highest BCUT2D eigenvalue weighted by molar-refractivity contribution is 7.97. The van der Waals surface area contributed by atoms with Gasteiger partial charge in [0.15, 0.2) is 17.5 Å². The molecule has 0 atom stereocenters. The number of aromatic amines is 1. The lowest BCUT2D eigenvalue weighted by Crippen LogP contribution is -2.12. The molecule has 0 spiro atoms. The summed E-state index contributed by atoms with van der Waals surface area (Å²) in [5, 5.41) is 3.50. The third kappa shape index (κ3) is 3.62. The summed E-state index contributed by atoms with van der Waals surface area (Å²) in [4.78, 5) is 15.1. The van der Waals surface area contributed by atoms with E-state index in [4.69, 9.17) is 0 Å². The summed E-state index contributed by atoms with van der Waals surface area (Å²) in [6.07, 6.45) is 3.87. The number of rotatable bonds is 7. The van der Waals surface area contributed by atoms with Crippen molar-refractivity contribution in [2.75, 3.05) is 24.2 Å². The molecule has 0 unspecified atom stereocenters. The Morgan fingerprint density at radius 3 is 2.96 bits per heavy atom. The van der Waals surface area contributed by atoms with E-state index in [1.54, 1.807) is 18.1 Å². The highest BCUT2D eigenvalue weighted by Crippen LogP contribution is 2.26. The highest BCUT2D eigenvalue weighted by Gasteiger charge is 2.13. The van der Waals surface area contributed by atoms with Crippen LogP contribution in [0.3, 0.4) is 0 Å². The third-order valence-corrected chi connectivity index (χ3v) is 4.13. The maximum absolute atomic E-state index is 13.9. The summed E-state index contributed by atoms with van der Waals surface area (Å²) in [6.45, 7) is 3.42. The molecular formula is C15H16F2N6S. The minimum Gasteiger partial charge on any atom is -0.367 e. The Labute approximate surface area is 141 Å². The van der Waals surface area contributed by atoms with Crippen LogP contribution in [0.4, 0.5) is 14.6 Å². The van der Waals surface area contributed by atoms with Gasteiger partial charge in [-0.05, 0) is 6.07 Å². The molecule has 3 aromatic rings. The summed E-state index contributed by atoms with van der Waals surface area (Å²) in [5.41, 5.74) is 1.10. The van der Waals surface area contributed by atoms with Crippen LogP contribution in [-0.2, 0) is 0 Å². The molecule has 3 rings (SSSR count). The smallest absolute Gasteiger partial charge is 0.183 e. The van der Waals surface area contributed by atoms with Crippen LogP contribution < -0.4 is 10.0 Å². The van der Waals surface area contributed by atoms with Crippen molar-refractivity contribution in [3.63, 3.8) is 0 Å². The van der Waals surface area contributed by atoms with Crippen LogP contribution >= 0.6 is 11.9 Å². The second kappa shape index (κ2) is 7.54. The second-order valence-electron chi connectivity index (χ2n) is 4.92. The predicted octanol–water partition coefficient (Wildman–Crippen LogP) is 2.97. The zero-order valence-electron chi connectivity index (χ0n) is 12.9. The van der Waals surface area contributed by atoms with Gasteiger partial charge in [-0.15, -0.1) is 0 Å². The van der Waals surface area contributed by atoms with E-state index in [1.807, 2.05) is 6.92 Å². The average Bonchev–Trinajstić information content (AvgIpc) is 2.99. The maximum Gasteiger partial charge on any atom is 0.183 e. The summed E-state index contributed by atoms with van der Waals surface area (Å²) < 4.78 is 30.4. The Morgan fingerprint density at radius 2 is 2.12 bits per heavy atom.